The maximum atomic E-state index is 13.4. The fourth-order valence-electron chi connectivity index (χ4n) is 3.34. The second-order valence-corrected chi connectivity index (χ2v) is 8.11. The Labute approximate surface area is 199 Å². The number of para-hydroxylation sites is 1. The van der Waals surface area contributed by atoms with Gasteiger partial charge in [-0.2, -0.15) is 0 Å². The van der Waals surface area contributed by atoms with Crippen molar-refractivity contribution in [3.8, 4) is 11.5 Å². The summed E-state index contributed by atoms with van der Waals surface area (Å²) in [4.78, 5) is 25.4. The number of halogens is 1. The molecule has 10 heteroatoms. The summed E-state index contributed by atoms with van der Waals surface area (Å²) in [6.07, 6.45) is 0. The molecule has 0 aromatic heterocycles. The lowest BCUT2D eigenvalue weighted by Gasteiger charge is -2.31. The molecule has 0 fully saturated rings. The van der Waals surface area contributed by atoms with Gasteiger partial charge in [0.05, 0.1) is 41.1 Å². The molecule has 1 aliphatic rings. The van der Waals surface area contributed by atoms with Crippen LogP contribution in [0.15, 0.2) is 52.1 Å². The van der Waals surface area contributed by atoms with Crippen LogP contribution in [0.25, 0.3) is 0 Å². The van der Waals surface area contributed by atoms with Gasteiger partial charge < -0.3 is 30.5 Å². The fourth-order valence-corrected chi connectivity index (χ4v) is 4.07. The van der Waals surface area contributed by atoms with Gasteiger partial charge in [0, 0.05) is 5.70 Å². The van der Waals surface area contributed by atoms with Gasteiger partial charge >= 0.3 is 5.97 Å². The lowest BCUT2D eigenvalue weighted by Crippen LogP contribution is -2.45. The second-order valence-electron chi connectivity index (χ2n) is 6.84. The first-order chi connectivity index (χ1) is 15.3. The molecule has 0 saturated carbocycles. The molecule has 0 saturated heterocycles. The predicted octanol–water partition coefficient (Wildman–Crippen LogP) is 3.77. The molecular formula is C22H22BrN3O5S. The van der Waals surface area contributed by atoms with Gasteiger partial charge in [-0.3, -0.25) is 4.79 Å². The van der Waals surface area contributed by atoms with Gasteiger partial charge in [-0.1, -0.05) is 12.1 Å². The highest BCUT2D eigenvalue weighted by Gasteiger charge is 2.31. The number of rotatable bonds is 6. The number of methoxy groups -OCH3 is 1. The van der Waals surface area contributed by atoms with Crippen LogP contribution < -0.4 is 20.7 Å². The highest BCUT2D eigenvalue weighted by atomic mass is 79.9. The van der Waals surface area contributed by atoms with Crippen molar-refractivity contribution in [2.45, 2.75) is 19.9 Å². The second kappa shape index (κ2) is 10.0. The van der Waals surface area contributed by atoms with E-state index in [2.05, 4.69) is 31.9 Å². The van der Waals surface area contributed by atoms with E-state index in [0.29, 0.717) is 38.7 Å². The van der Waals surface area contributed by atoms with E-state index in [1.807, 2.05) is 0 Å². The molecule has 4 N–H and O–H groups in total. The number of thiocarbonyl (C=S) groups is 1. The number of nitrogens with one attached hydrogen (secondary N) is 3. The zero-order chi connectivity index (χ0) is 23.4. The normalized spacial score (nSPS) is 15.5. The molecule has 168 valence electrons. The van der Waals surface area contributed by atoms with Crippen molar-refractivity contribution in [2.75, 3.05) is 19.0 Å². The fraction of sp³-hybridized carbons (Fsp3) is 0.227. The number of anilines is 1. The van der Waals surface area contributed by atoms with Gasteiger partial charge in [-0.25, -0.2) is 4.79 Å². The maximum absolute atomic E-state index is 13.4. The minimum atomic E-state index is -0.634. The quantitative estimate of drug-likeness (QED) is 0.337. The van der Waals surface area contributed by atoms with Crippen LogP contribution >= 0.6 is 28.1 Å². The van der Waals surface area contributed by atoms with Crippen LogP contribution in [0.3, 0.4) is 0 Å². The number of amides is 1. The first kappa shape index (κ1) is 23.6. The van der Waals surface area contributed by atoms with Crippen LogP contribution in [0.1, 0.15) is 35.8 Å². The Bertz CT molecular complexity index is 1120. The Kier molecular flexibility index (Phi) is 7.37. The van der Waals surface area contributed by atoms with E-state index >= 15 is 0 Å². The van der Waals surface area contributed by atoms with Crippen molar-refractivity contribution < 1.29 is 24.2 Å². The highest BCUT2D eigenvalue weighted by Crippen LogP contribution is 2.39. The summed E-state index contributed by atoms with van der Waals surface area (Å²) in [6, 6.07) is 9.28. The molecule has 2 aromatic rings. The van der Waals surface area contributed by atoms with Crippen molar-refractivity contribution in [2.24, 2.45) is 0 Å². The summed E-state index contributed by atoms with van der Waals surface area (Å²) in [5.74, 6) is -0.760. The van der Waals surface area contributed by atoms with Crippen LogP contribution in [-0.4, -0.2) is 35.8 Å². The average Bonchev–Trinajstić information content (AvgIpc) is 2.76. The zero-order valence-electron chi connectivity index (χ0n) is 17.6. The predicted molar refractivity (Wildman–Crippen MR) is 128 cm³/mol. The number of phenols is 1. The molecule has 2 aromatic carbocycles. The molecule has 0 radical (unpaired) electrons. The van der Waals surface area contributed by atoms with Crippen molar-refractivity contribution in [1.29, 1.82) is 0 Å². The summed E-state index contributed by atoms with van der Waals surface area (Å²) in [5.41, 5.74) is 2.11. The van der Waals surface area contributed by atoms with Crippen molar-refractivity contribution in [3.05, 3.63) is 63.3 Å². The van der Waals surface area contributed by atoms with E-state index in [9.17, 15) is 14.7 Å². The van der Waals surface area contributed by atoms with Crippen molar-refractivity contribution in [3.63, 3.8) is 0 Å². The number of hydrogen-bond donors (Lipinski definition) is 4. The number of phenolic OH excluding ortho intramolecular Hbond substituents is 1. The Morgan fingerprint density at radius 1 is 1.28 bits per heavy atom. The summed E-state index contributed by atoms with van der Waals surface area (Å²) in [5, 5.41) is 19.5. The topological polar surface area (TPSA) is 109 Å². The van der Waals surface area contributed by atoms with E-state index < -0.39 is 17.9 Å². The smallest absolute Gasteiger partial charge is 0.339 e. The molecule has 32 heavy (non-hydrogen) atoms. The molecule has 1 amide bonds. The molecule has 1 atom stereocenters. The van der Waals surface area contributed by atoms with Crippen molar-refractivity contribution >= 4 is 50.8 Å². The Morgan fingerprint density at radius 3 is 2.69 bits per heavy atom. The summed E-state index contributed by atoms with van der Waals surface area (Å²) in [6.45, 7) is 3.90. The van der Waals surface area contributed by atoms with E-state index in [0.717, 1.165) is 0 Å². The molecule has 0 unspecified atom stereocenters. The number of ether oxygens (including phenoxy) is 2. The standard InChI is InChI=1S/C22H22BrN3O5S/c1-4-31-16-10-12(9-14(23)19(16)27)18-17(11(2)24-22(32)26-18)20(28)25-15-8-6-5-7-13(15)21(29)30-3/h5-10,18,27H,4H2,1-3H3,(H,25,28)(H2,24,26,32)/t18-/m0/s1. The van der Waals surface area contributed by atoms with E-state index in [1.54, 1.807) is 50.2 Å². The first-order valence-electron chi connectivity index (χ1n) is 9.69. The minimum absolute atomic E-state index is 0.0363. The third-order valence-corrected chi connectivity index (χ3v) is 5.60. The first-order valence-corrected chi connectivity index (χ1v) is 10.9. The van der Waals surface area contributed by atoms with Crippen LogP contribution in [0.5, 0.6) is 11.5 Å². The van der Waals surface area contributed by atoms with Gasteiger partial charge in [0.1, 0.15) is 0 Å². The van der Waals surface area contributed by atoms with Crippen LogP contribution in [-0.2, 0) is 9.53 Å². The molecule has 3 rings (SSSR count). The van der Waals surface area contributed by atoms with E-state index in [-0.39, 0.29) is 17.1 Å². The molecule has 1 aliphatic heterocycles. The van der Waals surface area contributed by atoms with Crippen LogP contribution in [0.2, 0.25) is 0 Å². The lowest BCUT2D eigenvalue weighted by atomic mass is 9.94. The van der Waals surface area contributed by atoms with Crippen molar-refractivity contribution in [1.82, 2.24) is 10.6 Å². The third kappa shape index (κ3) is 4.86. The number of allylic oxidation sites excluding steroid dienone is 1. The SMILES string of the molecule is CCOc1cc([C@@H]2NC(=S)NC(C)=C2C(=O)Nc2ccccc2C(=O)OC)cc(Br)c1O. The number of benzene rings is 2. The number of esters is 1. The van der Waals surface area contributed by atoms with Crippen LogP contribution in [0, 0.1) is 0 Å². The Morgan fingerprint density at radius 2 is 2.00 bits per heavy atom. The monoisotopic (exact) mass is 519 g/mol. The average molecular weight is 520 g/mol. The largest absolute Gasteiger partial charge is 0.503 e. The molecule has 8 nitrogen and oxygen atoms in total. The van der Waals surface area contributed by atoms with Gasteiger partial charge in [0.15, 0.2) is 16.6 Å². The number of carbonyl (C=O) groups excluding carboxylic acids is 2. The summed E-state index contributed by atoms with van der Waals surface area (Å²) in [7, 11) is 1.28. The molecule has 0 bridgehead atoms. The number of aromatic hydroxyl groups is 1. The van der Waals surface area contributed by atoms with Gasteiger partial charge in [-0.05, 0) is 71.8 Å². The number of hydrogen-bond acceptors (Lipinski definition) is 6. The lowest BCUT2D eigenvalue weighted by molar-refractivity contribution is -0.113. The zero-order valence-corrected chi connectivity index (χ0v) is 20.0. The Hall–Kier alpha value is -3.11. The van der Waals surface area contributed by atoms with E-state index in [4.69, 9.17) is 21.7 Å². The van der Waals surface area contributed by atoms with Gasteiger partial charge in [0.2, 0.25) is 0 Å². The van der Waals surface area contributed by atoms with Gasteiger partial charge in [0.25, 0.3) is 5.91 Å². The summed E-state index contributed by atoms with van der Waals surface area (Å²) >= 11 is 8.63. The number of carbonyl (C=O) groups is 2. The molecule has 1 heterocycles. The van der Waals surface area contributed by atoms with Gasteiger partial charge in [-0.15, -0.1) is 0 Å². The minimum Gasteiger partial charge on any atom is -0.503 e. The van der Waals surface area contributed by atoms with E-state index in [1.165, 1.54) is 7.11 Å². The molecular weight excluding hydrogens is 498 g/mol. The third-order valence-electron chi connectivity index (χ3n) is 4.78. The maximum Gasteiger partial charge on any atom is 0.339 e. The summed E-state index contributed by atoms with van der Waals surface area (Å²) < 4.78 is 10.7. The molecule has 0 aliphatic carbocycles. The van der Waals surface area contributed by atoms with Crippen LogP contribution in [0.4, 0.5) is 5.69 Å². The molecule has 0 spiro atoms. The Balaban J connectivity index is 2.03. The highest BCUT2D eigenvalue weighted by molar-refractivity contribution is 9.10.